The van der Waals surface area contributed by atoms with E-state index in [1.807, 2.05) is 0 Å². The molecule has 1 aromatic rings. The molecule has 4 nitrogen and oxygen atoms in total. The molecule has 3 rings (SSSR count). The van der Waals surface area contributed by atoms with E-state index < -0.39 is 0 Å². The lowest BCUT2D eigenvalue weighted by atomic mass is 10.2. The van der Waals surface area contributed by atoms with Gasteiger partial charge >= 0.3 is 0 Å². The van der Waals surface area contributed by atoms with Crippen molar-refractivity contribution in [1.29, 1.82) is 0 Å². The van der Waals surface area contributed by atoms with E-state index in [0.29, 0.717) is 16.1 Å². The van der Waals surface area contributed by atoms with Crippen LogP contribution in [0.25, 0.3) is 0 Å². The van der Waals surface area contributed by atoms with Crippen molar-refractivity contribution >= 4 is 51.6 Å². The molecule has 1 aromatic carbocycles. The Bertz CT molecular complexity index is 534. The number of fused-ring (bicyclic) bond motifs is 1. The van der Waals surface area contributed by atoms with Gasteiger partial charge in [0.2, 0.25) is 0 Å². The van der Waals surface area contributed by atoms with E-state index in [1.54, 1.807) is 6.07 Å². The zero-order valence-corrected chi connectivity index (χ0v) is 11.2. The monoisotopic (exact) mass is 288 g/mol. The summed E-state index contributed by atoms with van der Waals surface area (Å²) in [6, 6.07) is 2.11. The number of benzene rings is 1. The third kappa shape index (κ3) is 2.08. The average molecular weight is 289 g/mol. The quantitative estimate of drug-likeness (QED) is 0.889. The summed E-state index contributed by atoms with van der Waals surface area (Å²) in [6.45, 7) is 1.97. The standard InChI is InChI=1S/C10H10Cl2N4S/c11-6-3-7(12)9-10(16-17-15-9)8(6)14-5-1-2-13-4-5/h3,5,13-14H,1-2,4H2. The molecular weight excluding hydrogens is 279 g/mol. The summed E-state index contributed by atoms with van der Waals surface area (Å²) >= 11 is 13.4. The van der Waals surface area contributed by atoms with Crippen LogP contribution in [0.4, 0.5) is 17.1 Å². The van der Waals surface area contributed by atoms with Gasteiger partial charge in [-0.25, -0.2) is 0 Å². The minimum Gasteiger partial charge on any atom is -0.378 e. The van der Waals surface area contributed by atoms with Crippen molar-refractivity contribution in [2.24, 2.45) is 8.73 Å². The van der Waals surface area contributed by atoms with Gasteiger partial charge in [-0.3, -0.25) is 0 Å². The second-order valence-electron chi connectivity index (χ2n) is 4.01. The fraction of sp³-hybridized carbons (Fsp3) is 0.400. The summed E-state index contributed by atoms with van der Waals surface area (Å²) in [7, 11) is 0. The summed E-state index contributed by atoms with van der Waals surface area (Å²) < 4.78 is 8.44. The van der Waals surface area contributed by atoms with Crippen LogP contribution in [0.2, 0.25) is 10.0 Å². The number of halogens is 2. The maximum Gasteiger partial charge on any atom is 0.130 e. The van der Waals surface area contributed by atoms with Gasteiger partial charge in [-0.1, -0.05) is 23.2 Å². The molecule has 0 bridgehead atoms. The topological polar surface area (TPSA) is 48.8 Å². The van der Waals surface area contributed by atoms with Crippen LogP contribution < -0.4 is 10.6 Å². The molecule has 0 saturated carbocycles. The first-order valence-corrected chi connectivity index (χ1v) is 6.82. The minimum atomic E-state index is 0.388. The van der Waals surface area contributed by atoms with Gasteiger partial charge in [0, 0.05) is 12.6 Å². The summed E-state index contributed by atoms with van der Waals surface area (Å²) in [5, 5.41) is 7.87. The predicted molar refractivity (Wildman–Crippen MR) is 72.9 cm³/mol. The highest BCUT2D eigenvalue weighted by Gasteiger charge is 2.22. The van der Waals surface area contributed by atoms with Gasteiger partial charge < -0.3 is 10.6 Å². The van der Waals surface area contributed by atoms with Gasteiger partial charge in [-0.2, -0.15) is 8.73 Å². The molecule has 1 fully saturated rings. The van der Waals surface area contributed by atoms with Crippen molar-refractivity contribution in [1.82, 2.24) is 5.32 Å². The van der Waals surface area contributed by atoms with E-state index in [4.69, 9.17) is 23.2 Å². The third-order valence-corrected chi connectivity index (χ3v) is 3.97. The SMILES string of the molecule is Clc1cc(Cl)c(NC2CCNC2)c2c1N=S=N2. The molecule has 90 valence electrons. The van der Waals surface area contributed by atoms with Crippen LogP contribution in [0, 0.1) is 0 Å². The number of hydrogen-bond acceptors (Lipinski definition) is 4. The number of hydrogen-bond donors (Lipinski definition) is 2. The first-order valence-electron chi connectivity index (χ1n) is 5.33. The van der Waals surface area contributed by atoms with Gasteiger partial charge in [-0.05, 0) is 19.0 Å². The fourth-order valence-corrected chi connectivity index (χ4v) is 3.16. The molecule has 0 amide bonds. The largest absolute Gasteiger partial charge is 0.378 e. The molecule has 0 spiro atoms. The molecule has 0 aromatic heterocycles. The van der Waals surface area contributed by atoms with E-state index >= 15 is 0 Å². The smallest absolute Gasteiger partial charge is 0.130 e. The highest BCUT2D eigenvalue weighted by molar-refractivity contribution is 7.58. The van der Waals surface area contributed by atoms with Gasteiger partial charge in [0.05, 0.1) is 27.1 Å². The Labute approximate surface area is 113 Å². The fourth-order valence-electron chi connectivity index (χ4n) is 1.99. The zero-order valence-electron chi connectivity index (χ0n) is 8.83. The Morgan fingerprint density at radius 1 is 1.29 bits per heavy atom. The van der Waals surface area contributed by atoms with Crippen LogP contribution in [0.15, 0.2) is 14.8 Å². The molecule has 7 heteroatoms. The van der Waals surface area contributed by atoms with Crippen molar-refractivity contribution in [3.63, 3.8) is 0 Å². The maximum atomic E-state index is 6.21. The highest BCUT2D eigenvalue weighted by atomic mass is 35.5. The molecule has 1 unspecified atom stereocenters. The lowest BCUT2D eigenvalue weighted by Crippen LogP contribution is -2.22. The predicted octanol–water partition coefficient (Wildman–Crippen LogP) is 3.49. The first kappa shape index (κ1) is 11.5. The lowest BCUT2D eigenvalue weighted by Gasteiger charge is -2.16. The lowest BCUT2D eigenvalue weighted by molar-refractivity contribution is 0.794. The van der Waals surface area contributed by atoms with Gasteiger partial charge in [0.1, 0.15) is 11.4 Å². The van der Waals surface area contributed by atoms with Crippen molar-refractivity contribution in [2.45, 2.75) is 12.5 Å². The Morgan fingerprint density at radius 3 is 2.88 bits per heavy atom. The Hall–Kier alpha value is -0.620. The third-order valence-electron chi connectivity index (χ3n) is 2.85. The molecule has 2 aliphatic rings. The number of nitrogens with one attached hydrogen (secondary N) is 2. The average Bonchev–Trinajstić information content (AvgIpc) is 2.95. The van der Waals surface area contributed by atoms with E-state index in [0.717, 1.165) is 47.9 Å². The second-order valence-corrected chi connectivity index (χ2v) is 5.35. The van der Waals surface area contributed by atoms with Gasteiger partial charge in [0.25, 0.3) is 0 Å². The normalized spacial score (nSPS) is 21.4. The van der Waals surface area contributed by atoms with Crippen molar-refractivity contribution in [3.8, 4) is 0 Å². The summed E-state index contributed by atoms with van der Waals surface area (Å²) in [5.74, 6) is 0. The maximum absolute atomic E-state index is 6.21. The Balaban J connectivity index is 1.99. The van der Waals surface area contributed by atoms with Crippen LogP contribution in [-0.2, 0) is 11.4 Å². The van der Waals surface area contributed by atoms with E-state index in [9.17, 15) is 0 Å². The zero-order chi connectivity index (χ0) is 11.8. The minimum absolute atomic E-state index is 0.388. The molecule has 17 heavy (non-hydrogen) atoms. The molecule has 2 N–H and O–H groups in total. The molecule has 0 radical (unpaired) electrons. The Morgan fingerprint density at radius 2 is 2.12 bits per heavy atom. The molecule has 0 aliphatic carbocycles. The highest BCUT2D eigenvalue weighted by Crippen LogP contribution is 2.47. The summed E-state index contributed by atoms with van der Waals surface area (Å²) in [6.07, 6.45) is 1.08. The van der Waals surface area contributed by atoms with E-state index in [-0.39, 0.29) is 0 Å². The van der Waals surface area contributed by atoms with Crippen molar-refractivity contribution < 1.29 is 0 Å². The van der Waals surface area contributed by atoms with Gasteiger partial charge in [0.15, 0.2) is 0 Å². The summed E-state index contributed by atoms with van der Waals surface area (Å²) in [5.41, 5.74) is 2.32. The number of rotatable bonds is 2. The molecular formula is C10H10Cl2N4S. The molecule has 1 saturated heterocycles. The molecule has 2 heterocycles. The van der Waals surface area contributed by atoms with Crippen LogP contribution in [0.3, 0.4) is 0 Å². The van der Waals surface area contributed by atoms with Crippen molar-refractivity contribution in [3.05, 3.63) is 16.1 Å². The van der Waals surface area contributed by atoms with Crippen LogP contribution in [-0.4, -0.2) is 19.1 Å². The Kier molecular flexibility index (Phi) is 3.08. The number of anilines is 1. The van der Waals surface area contributed by atoms with Crippen molar-refractivity contribution in [2.75, 3.05) is 18.4 Å². The van der Waals surface area contributed by atoms with Gasteiger partial charge in [-0.15, -0.1) is 0 Å². The first-order chi connectivity index (χ1) is 8.25. The second kappa shape index (κ2) is 4.57. The van der Waals surface area contributed by atoms with E-state index in [2.05, 4.69) is 19.4 Å². The van der Waals surface area contributed by atoms with E-state index in [1.165, 1.54) is 0 Å². The molecule has 1 atom stereocenters. The van der Waals surface area contributed by atoms with Crippen LogP contribution in [0.5, 0.6) is 0 Å². The number of nitrogens with zero attached hydrogens (tertiary/aromatic N) is 2. The van der Waals surface area contributed by atoms with Crippen LogP contribution >= 0.6 is 23.2 Å². The van der Waals surface area contributed by atoms with Crippen LogP contribution in [0.1, 0.15) is 6.42 Å². The summed E-state index contributed by atoms with van der Waals surface area (Å²) in [4.78, 5) is 0. The molecule has 2 aliphatic heterocycles.